The average Bonchev–Trinajstić information content (AvgIpc) is 2.75. The van der Waals surface area contributed by atoms with Crippen LogP contribution in [0.25, 0.3) is 0 Å². The summed E-state index contributed by atoms with van der Waals surface area (Å²) in [7, 11) is 1.96. The smallest absolute Gasteiger partial charge is 0.272 e. The van der Waals surface area contributed by atoms with Crippen molar-refractivity contribution in [1.82, 2.24) is 9.55 Å². The fraction of sp³-hybridized carbons (Fsp3) is 0.308. The molecule has 0 amide bonds. The number of nitrogens with one attached hydrogen (secondary N) is 1. The lowest BCUT2D eigenvalue weighted by Crippen LogP contribution is -2.07. The van der Waals surface area contributed by atoms with E-state index in [2.05, 4.69) is 10.3 Å². The fourth-order valence-corrected chi connectivity index (χ4v) is 1.93. The van der Waals surface area contributed by atoms with Gasteiger partial charge in [-0.15, -0.1) is 0 Å². The van der Waals surface area contributed by atoms with E-state index < -0.39 is 0 Å². The number of rotatable bonds is 5. The van der Waals surface area contributed by atoms with E-state index in [1.165, 1.54) is 6.07 Å². The Morgan fingerprint density at radius 1 is 1.47 bits per heavy atom. The molecule has 6 heteroatoms. The fourth-order valence-electron chi connectivity index (χ4n) is 1.93. The molecule has 0 saturated heterocycles. The molecule has 19 heavy (non-hydrogen) atoms. The number of nitro benzene ring substituents is 1. The summed E-state index contributed by atoms with van der Waals surface area (Å²) in [6, 6.07) is 5.05. The van der Waals surface area contributed by atoms with Crippen molar-refractivity contribution >= 4 is 11.4 Å². The van der Waals surface area contributed by atoms with Crippen molar-refractivity contribution in [3.63, 3.8) is 0 Å². The molecule has 2 rings (SSSR count). The van der Waals surface area contributed by atoms with Gasteiger partial charge in [-0.1, -0.05) is 0 Å². The van der Waals surface area contributed by atoms with Crippen molar-refractivity contribution in [2.45, 2.75) is 13.3 Å². The van der Waals surface area contributed by atoms with Gasteiger partial charge in [0.2, 0.25) is 0 Å². The van der Waals surface area contributed by atoms with Crippen LogP contribution < -0.4 is 5.32 Å². The van der Waals surface area contributed by atoms with Crippen molar-refractivity contribution < 1.29 is 4.92 Å². The van der Waals surface area contributed by atoms with Crippen LogP contribution in [0.1, 0.15) is 11.3 Å². The van der Waals surface area contributed by atoms with Crippen molar-refractivity contribution in [3.8, 4) is 0 Å². The SMILES string of the molecule is Cc1cc(NCCc2cncn2C)ccc1[N+](=O)[O-]. The van der Waals surface area contributed by atoms with E-state index in [0.29, 0.717) is 5.56 Å². The van der Waals surface area contributed by atoms with Crippen LogP contribution in [0.2, 0.25) is 0 Å². The first-order valence-corrected chi connectivity index (χ1v) is 6.02. The number of benzene rings is 1. The van der Waals surface area contributed by atoms with Gasteiger partial charge in [0, 0.05) is 49.2 Å². The third kappa shape index (κ3) is 3.09. The third-order valence-corrected chi connectivity index (χ3v) is 3.02. The number of imidazole rings is 1. The van der Waals surface area contributed by atoms with E-state index in [0.717, 1.165) is 24.3 Å². The van der Waals surface area contributed by atoms with Gasteiger partial charge in [-0.25, -0.2) is 4.98 Å². The maximum absolute atomic E-state index is 10.7. The minimum Gasteiger partial charge on any atom is -0.385 e. The number of nitrogens with zero attached hydrogens (tertiary/aromatic N) is 3. The van der Waals surface area contributed by atoms with E-state index in [1.54, 1.807) is 25.4 Å². The van der Waals surface area contributed by atoms with Crippen LogP contribution in [0.4, 0.5) is 11.4 Å². The Labute approximate surface area is 111 Å². The zero-order valence-corrected chi connectivity index (χ0v) is 11.0. The normalized spacial score (nSPS) is 10.4. The Morgan fingerprint density at radius 2 is 2.26 bits per heavy atom. The molecule has 0 spiro atoms. The van der Waals surface area contributed by atoms with Crippen molar-refractivity contribution in [2.24, 2.45) is 7.05 Å². The number of anilines is 1. The quantitative estimate of drug-likeness (QED) is 0.661. The molecule has 0 bridgehead atoms. The van der Waals surface area contributed by atoms with Crippen LogP contribution in [0.5, 0.6) is 0 Å². The van der Waals surface area contributed by atoms with E-state index in [-0.39, 0.29) is 10.6 Å². The van der Waals surface area contributed by atoms with Gasteiger partial charge in [-0.3, -0.25) is 10.1 Å². The molecule has 0 fully saturated rings. The standard InChI is InChI=1S/C13H16N4O2/c1-10-7-11(3-4-13(10)17(18)19)15-6-5-12-8-14-9-16(12)2/h3-4,7-9,15H,5-6H2,1-2H3. The molecule has 0 radical (unpaired) electrons. The highest BCUT2D eigenvalue weighted by molar-refractivity contribution is 5.53. The van der Waals surface area contributed by atoms with Gasteiger partial charge in [0.05, 0.1) is 11.3 Å². The largest absolute Gasteiger partial charge is 0.385 e. The van der Waals surface area contributed by atoms with Gasteiger partial charge in [0.15, 0.2) is 0 Å². The number of aryl methyl sites for hydroxylation is 2. The van der Waals surface area contributed by atoms with Crippen LogP contribution in [0.3, 0.4) is 0 Å². The molecule has 0 saturated carbocycles. The first kappa shape index (κ1) is 13.1. The molecule has 100 valence electrons. The lowest BCUT2D eigenvalue weighted by Gasteiger charge is -2.07. The van der Waals surface area contributed by atoms with Crippen LogP contribution >= 0.6 is 0 Å². The molecule has 0 atom stereocenters. The molecular weight excluding hydrogens is 244 g/mol. The van der Waals surface area contributed by atoms with Gasteiger partial charge in [-0.05, 0) is 19.1 Å². The Hall–Kier alpha value is -2.37. The van der Waals surface area contributed by atoms with Crippen LogP contribution in [-0.4, -0.2) is 21.0 Å². The second-order valence-electron chi connectivity index (χ2n) is 4.43. The Kier molecular flexibility index (Phi) is 3.79. The third-order valence-electron chi connectivity index (χ3n) is 3.02. The molecule has 1 aromatic heterocycles. The Bertz CT molecular complexity index is 592. The number of hydrogen-bond acceptors (Lipinski definition) is 4. The van der Waals surface area contributed by atoms with Crippen molar-refractivity contribution in [1.29, 1.82) is 0 Å². The summed E-state index contributed by atoms with van der Waals surface area (Å²) in [5.74, 6) is 0. The monoisotopic (exact) mass is 260 g/mol. The first-order valence-electron chi connectivity index (χ1n) is 6.02. The maximum atomic E-state index is 10.7. The second kappa shape index (κ2) is 5.51. The molecule has 1 heterocycles. The molecule has 1 N–H and O–H groups in total. The van der Waals surface area contributed by atoms with Gasteiger partial charge in [-0.2, -0.15) is 0 Å². The topological polar surface area (TPSA) is 73.0 Å². The maximum Gasteiger partial charge on any atom is 0.272 e. The predicted octanol–water partition coefficient (Wildman–Crippen LogP) is 2.29. The molecular formula is C13H16N4O2. The number of aromatic nitrogens is 2. The predicted molar refractivity (Wildman–Crippen MR) is 73.2 cm³/mol. The van der Waals surface area contributed by atoms with E-state index in [9.17, 15) is 10.1 Å². The van der Waals surface area contributed by atoms with E-state index >= 15 is 0 Å². The van der Waals surface area contributed by atoms with Gasteiger partial charge in [0.25, 0.3) is 5.69 Å². The van der Waals surface area contributed by atoms with Crippen LogP contribution in [-0.2, 0) is 13.5 Å². The van der Waals surface area contributed by atoms with Crippen LogP contribution in [0, 0.1) is 17.0 Å². The first-order chi connectivity index (χ1) is 9.08. The summed E-state index contributed by atoms with van der Waals surface area (Å²) in [5.41, 5.74) is 2.85. The molecule has 2 aromatic rings. The molecule has 0 aliphatic carbocycles. The molecule has 6 nitrogen and oxygen atoms in total. The summed E-state index contributed by atoms with van der Waals surface area (Å²) in [6.07, 6.45) is 4.46. The summed E-state index contributed by atoms with van der Waals surface area (Å²) in [5, 5.41) is 14.0. The van der Waals surface area contributed by atoms with Crippen LogP contribution in [0.15, 0.2) is 30.7 Å². The minimum atomic E-state index is -0.366. The zero-order chi connectivity index (χ0) is 13.8. The Morgan fingerprint density at radius 3 is 2.84 bits per heavy atom. The van der Waals surface area contributed by atoms with Gasteiger partial charge < -0.3 is 9.88 Å². The molecule has 0 aliphatic rings. The summed E-state index contributed by atoms with van der Waals surface area (Å²) >= 11 is 0. The molecule has 0 unspecified atom stereocenters. The Balaban J connectivity index is 1.95. The second-order valence-corrected chi connectivity index (χ2v) is 4.43. The number of hydrogen-bond donors (Lipinski definition) is 1. The zero-order valence-electron chi connectivity index (χ0n) is 11.0. The van der Waals surface area contributed by atoms with E-state index in [1.807, 2.05) is 17.8 Å². The molecule has 0 aliphatic heterocycles. The van der Waals surface area contributed by atoms with Gasteiger partial charge in [0.1, 0.15) is 0 Å². The average molecular weight is 260 g/mol. The summed E-state index contributed by atoms with van der Waals surface area (Å²) in [6.45, 7) is 2.50. The molecule has 1 aromatic carbocycles. The summed E-state index contributed by atoms with van der Waals surface area (Å²) < 4.78 is 1.97. The number of nitro groups is 1. The highest BCUT2D eigenvalue weighted by Gasteiger charge is 2.09. The minimum absolute atomic E-state index is 0.150. The van der Waals surface area contributed by atoms with Crippen molar-refractivity contribution in [3.05, 3.63) is 52.1 Å². The van der Waals surface area contributed by atoms with E-state index in [4.69, 9.17) is 0 Å². The lowest BCUT2D eigenvalue weighted by atomic mass is 10.2. The van der Waals surface area contributed by atoms with Crippen molar-refractivity contribution in [2.75, 3.05) is 11.9 Å². The highest BCUT2D eigenvalue weighted by atomic mass is 16.6. The van der Waals surface area contributed by atoms with Gasteiger partial charge >= 0.3 is 0 Å². The summed E-state index contributed by atoms with van der Waals surface area (Å²) in [4.78, 5) is 14.4. The lowest BCUT2D eigenvalue weighted by molar-refractivity contribution is -0.385. The highest BCUT2D eigenvalue weighted by Crippen LogP contribution is 2.21.